The average molecular weight is 291 g/mol. The van der Waals surface area contributed by atoms with Crippen LogP contribution in [0.25, 0.3) is 0 Å². The van der Waals surface area contributed by atoms with Crippen LogP contribution in [0.15, 0.2) is 30.3 Å². The lowest BCUT2D eigenvalue weighted by Gasteiger charge is -2.17. The Morgan fingerprint density at radius 1 is 1.33 bits per heavy atom. The summed E-state index contributed by atoms with van der Waals surface area (Å²) in [6.45, 7) is 6.42. The lowest BCUT2D eigenvalue weighted by Crippen LogP contribution is -2.43. The van der Waals surface area contributed by atoms with Crippen molar-refractivity contribution in [2.75, 3.05) is 19.6 Å². The molecule has 1 saturated heterocycles. The molecule has 1 aliphatic rings. The smallest absolute Gasteiger partial charge is 0.407 e. The van der Waals surface area contributed by atoms with E-state index in [1.807, 2.05) is 30.3 Å². The van der Waals surface area contributed by atoms with Crippen molar-refractivity contribution in [2.24, 2.45) is 0 Å². The van der Waals surface area contributed by atoms with Crippen molar-refractivity contribution in [3.63, 3.8) is 0 Å². The van der Waals surface area contributed by atoms with Crippen LogP contribution in [0.3, 0.4) is 0 Å². The molecule has 2 atom stereocenters. The first-order valence-corrected chi connectivity index (χ1v) is 7.21. The van der Waals surface area contributed by atoms with Gasteiger partial charge in [-0.3, -0.25) is 4.90 Å². The normalized spacial score (nSPS) is 22.5. The number of amides is 1. The first-order valence-electron chi connectivity index (χ1n) is 7.21. The molecule has 1 amide bonds. The van der Waals surface area contributed by atoms with Gasteiger partial charge in [0.1, 0.15) is 6.61 Å². The molecule has 0 saturated carbocycles. The van der Waals surface area contributed by atoms with Gasteiger partial charge in [0.2, 0.25) is 0 Å². The zero-order valence-electron chi connectivity index (χ0n) is 12.6. The highest BCUT2D eigenvalue weighted by Gasteiger charge is 2.32. The first-order chi connectivity index (χ1) is 10.0. The number of β-amino-alcohol motifs (C(OH)–C–C–N with tert-alkyl or cyclic N) is 1. The highest BCUT2D eigenvalue weighted by atomic mass is 16.5. The Morgan fingerprint density at radius 3 is 2.71 bits per heavy atom. The van der Waals surface area contributed by atoms with E-state index in [4.69, 9.17) is 4.74 Å². The summed E-state index contributed by atoms with van der Waals surface area (Å²) in [5.74, 6) is 1.29. The molecule has 2 unspecified atom stereocenters. The Hall–Kier alpha value is -1.59. The number of aliphatic hydroxyl groups excluding tert-OH is 1. The molecule has 1 heterocycles. The third kappa shape index (κ3) is 5.02. The molecule has 1 aromatic carbocycles. The van der Waals surface area contributed by atoms with Gasteiger partial charge in [-0.05, 0) is 11.5 Å². The number of carbonyl (C=O) groups is 1. The quantitative estimate of drug-likeness (QED) is 0.864. The minimum atomic E-state index is -0.548. The predicted octanol–water partition coefficient (Wildman–Crippen LogP) is 1.57. The summed E-state index contributed by atoms with van der Waals surface area (Å²) in [5.41, 5.74) is 0.942. The molecule has 1 aromatic rings. The van der Waals surface area contributed by atoms with Crippen LogP contribution in [0.2, 0.25) is 0 Å². The van der Waals surface area contributed by atoms with E-state index in [1.54, 1.807) is 0 Å². The molecule has 0 spiro atoms. The monoisotopic (exact) mass is 291 g/mol. The number of benzene rings is 1. The number of ether oxygens (including phenoxy) is 1. The van der Waals surface area contributed by atoms with E-state index in [9.17, 15) is 9.90 Å². The lowest BCUT2D eigenvalue weighted by atomic mass is 10.2. The number of hydrogen-bond donors (Lipinski definition) is 2. The van der Waals surface area contributed by atoms with E-state index in [1.165, 1.54) is 5.92 Å². The average Bonchev–Trinajstić information content (AvgIpc) is 2.76. The van der Waals surface area contributed by atoms with Crippen LogP contribution in [0.4, 0.5) is 4.79 Å². The van der Waals surface area contributed by atoms with Crippen LogP contribution >= 0.6 is 0 Å². The van der Waals surface area contributed by atoms with Gasteiger partial charge in [-0.15, -0.1) is 0 Å². The fourth-order valence-corrected chi connectivity index (χ4v) is 2.50. The zero-order chi connectivity index (χ0) is 15.2. The first kappa shape index (κ1) is 15.8. The number of nitrogens with zero attached hydrogens (tertiary/aromatic N) is 1. The van der Waals surface area contributed by atoms with Crippen LogP contribution in [0, 0.1) is 5.92 Å². The Kier molecular flexibility index (Phi) is 5.59. The predicted molar refractivity (Wildman–Crippen MR) is 80.6 cm³/mol. The second-order valence-electron chi connectivity index (χ2n) is 5.78. The Morgan fingerprint density at radius 2 is 2.05 bits per heavy atom. The molecule has 5 nitrogen and oxygen atoms in total. The molecule has 21 heavy (non-hydrogen) atoms. The minimum absolute atomic E-state index is 0.237. The van der Waals surface area contributed by atoms with Gasteiger partial charge in [0, 0.05) is 19.6 Å². The highest BCUT2D eigenvalue weighted by molar-refractivity contribution is 5.67. The molecule has 5 heteroatoms. The fourth-order valence-electron chi connectivity index (χ4n) is 2.50. The maximum atomic E-state index is 11.8. The van der Waals surface area contributed by atoms with Crippen molar-refractivity contribution < 1.29 is 14.6 Å². The molecular weight excluding hydrogens is 268 g/mol. The molecule has 1 fully saturated rings. The number of likely N-dealkylation sites (tertiary alicyclic amines) is 1. The third-order valence-electron chi connectivity index (χ3n) is 3.42. The Labute approximate surface area is 125 Å². The van der Waals surface area contributed by atoms with Gasteiger partial charge in [-0.2, -0.15) is 0 Å². The molecule has 1 aliphatic heterocycles. The van der Waals surface area contributed by atoms with Crippen molar-refractivity contribution in [3.05, 3.63) is 41.8 Å². The van der Waals surface area contributed by atoms with E-state index in [-0.39, 0.29) is 12.6 Å². The maximum absolute atomic E-state index is 11.8. The summed E-state index contributed by atoms with van der Waals surface area (Å²) < 4.78 is 5.17. The molecule has 0 aromatic heterocycles. The van der Waals surface area contributed by atoms with Crippen LogP contribution in [-0.2, 0) is 11.3 Å². The number of alkyl carbamates (subject to hydrolysis) is 1. The van der Waals surface area contributed by atoms with Gasteiger partial charge in [0.25, 0.3) is 0 Å². The summed E-state index contributed by atoms with van der Waals surface area (Å²) in [6.07, 6.45) is -1.03. The number of rotatable bonds is 5. The topological polar surface area (TPSA) is 61.8 Å². The van der Waals surface area contributed by atoms with Gasteiger partial charge < -0.3 is 15.2 Å². The largest absolute Gasteiger partial charge is 0.445 e. The van der Waals surface area contributed by atoms with E-state index in [0.29, 0.717) is 13.1 Å². The van der Waals surface area contributed by atoms with Crippen molar-refractivity contribution >= 4 is 6.09 Å². The van der Waals surface area contributed by atoms with Crippen molar-refractivity contribution in [3.8, 4) is 0 Å². The van der Waals surface area contributed by atoms with Crippen LogP contribution in [-0.4, -0.2) is 47.9 Å². The van der Waals surface area contributed by atoms with Gasteiger partial charge in [0.05, 0.1) is 12.1 Å². The molecule has 1 radical (unpaired) electrons. The van der Waals surface area contributed by atoms with E-state index >= 15 is 0 Å². The van der Waals surface area contributed by atoms with Crippen molar-refractivity contribution in [2.45, 2.75) is 32.6 Å². The molecule has 2 N–H and O–H groups in total. The molecule has 115 valence electrons. The summed E-state index contributed by atoms with van der Waals surface area (Å²) >= 11 is 0. The van der Waals surface area contributed by atoms with Crippen LogP contribution < -0.4 is 5.32 Å². The second kappa shape index (κ2) is 7.43. The number of carbonyl (C=O) groups excluding carboxylic acids is 1. The third-order valence-corrected chi connectivity index (χ3v) is 3.42. The van der Waals surface area contributed by atoms with Crippen molar-refractivity contribution in [1.29, 1.82) is 0 Å². The summed E-state index contributed by atoms with van der Waals surface area (Å²) in [5, 5.41) is 12.7. The SMILES string of the molecule is C[C](C)CN1CC(O)C(NC(=O)OCc2ccccc2)C1. The lowest BCUT2D eigenvalue weighted by molar-refractivity contribution is 0.117. The van der Waals surface area contributed by atoms with Crippen molar-refractivity contribution in [1.82, 2.24) is 10.2 Å². The molecule has 0 aliphatic carbocycles. The van der Waals surface area contributed by atoms with E-state index in [0.717, 1.165) is 12.1 Å². The maximum Gasteiger partial charge on any atom is 0.407 e. The molecule has 0 bridgehead atoms. The zero-order valence-corrected chi connectivity index (χ0v) is 12.6. The highest BCUT2D eigenvalue weighted by Crippen LogP contribution is 2.13. The summed E-state index contributed by atoms with van der Waals surface area (Å²) in [6, 6.07) is 9.25. The number of aliphatic hydroxyl groups is 1. The Balaban J connectivity index is 1.75. The molecular formula is C16H23N2O3. The van der Waals surface area contributed by atoms with E-state index in [2.05, 4.69) is 24.1 Å². The van der Waals surface area contributed by atoms with E-state index < -0.39 is 12.2 Å². The summed E-state index contributed by atoms with van der Waals surface area (Å²) in [7, 11) is 0. The Bertz CT molecular complexity index is 450. The van der Waals surface area contributed by atoms with Crippen LogP contribution in [0.5, 0.6) is 0 Å². The van der Waals surface area contributed by atoms with Gasteiger partial charge in [-0.1, -0.05) is 44.2 Å². The van der Waals surface area contributed by atoms with Gasteiger partial charge in [0.15, 0.2) is 0 Å². The summed E-state index contributed by atoms with van der Waals surface area (Å²) in [4.78, 5) is 13.9. The van der Waals surface area contributed by atoms with Gasteiger partial charge in [-0.25, -0.2) is 4.79 Å². The second-order valence-corrected chi connectivity index (χ2v) is 5.78. The van der Waals surface area contributed by atoms with Crippen LogP contribution in [0.1, 0.15) is 19.4 Å². The van der Waals surface area contributed by atoms with Gasteiger partial charge >= 0.3 is 6.09 Å². The number of hydrogen-bond acceptors (Lipinski definition) is 4. The molecule has 2 rings (SSSR count). The fraction of sp³-hybridized carbons (Fsp3) is 0.500. The number of nitrogens with one attached hydrogen (secondary N) is 1. The minimum Gasteiger partial charge on any atom is -0.445 e. The standard InChI is InChI=1S/C16H23N2O3/c1-12(2)8-18-9-14(15(19)10-18)17-16(20)21-11-13-6-4-3-5-7-13/h3-7,14-15,19H,8-11H2,1-2H3,(H,17,20).